The summed E-state index contributed by atoms with van der Waals surface area (Å²) >= 11 is 0. The zero-order chi connectivity index (χ0) is 20.6. The van der Waals surface area contributed by atoms with Crippen LogP contribution in [0.1, 0.15) is 55.7 Å². The molecule has 2 amide bonds. The van der Waals surface area contributed by atoms with Crippen molar-refractivity contribution < 1.29 is 9.59 Å². The van der Waals surface area contributed by atoms with Crippen molar-refractivity contribution in [3.63, 3.8) is 0 Å². The number of amides is 2. The number of carbonyl (C=O) groups excluding carboxylic acids is 2. The molecule has 1 N–H and O–H groups in total. The molecule has 4 heteroatoms. The Bertz CT molecular complexity index is 823. The van der Waals surface area contributed by atoms with Gasteiger partial charge in [-0.05, 0) is 55.0 Å². The molecule has 0 aromatic heterocycles. The number of benzene rings is 2. The molecule has 0 spiro atoms. The normalized spacial score (nSPS) is 14.0. The summed E-state index contributed by atoms with van der Waals surface area (Å²) in [4.78, 5) is 27.2. The fourth-order valence-corrected chi connectivity index (χ4v) is 3.95. The number of nitrogens with one attached hydrogen (secondary N) is 1. The van der Waals surface area contributed by atoms with E-state index >= 15 is 0 Å². The summed E-state index contributed by atoms with van der Waals surface area (Å²) in [6.07, 6.45) is 5.55. The van der Waals surface area contributed by atoms with Crippen molar-refractivity contribution in [2.75, 3.05) is 11.4 Å². The van der Waals surface area contributed by atoms with Crippen molar-refractivity contribution in [1.82, 2.24) is 5.32 Å². The summed E-state index contributed by atoms with van der Waals surface area (Å²) in [7, 11) is 0. The van der Waals surface area contributed by atoms with Crippen molar-refractivity contribution >= 4 is 17.5 Å². The lowest BCUT2D eigenvalue weighted by Gasteiger charge is -2.27. The first-order valence-corrected chi connectivity index (χ1v) is 10.8. The molecule has 0 bridgehead atoms. The van der Waals surface area contributed by atoms with Gasteiger partial charge in [0.2, 0.25) is 11.8 Å². The molecular weight excluding hydrogens is 360 g/mol. The quantitative estimate of drug-likeness (QED) is 0.702. The molecule has 0 heterocycles. The molecule has 4 nitrogen and oxygen atoms in total. The molecule has 2 aromatic rings. The standard InChI is InChI=1S/C25H32N2O2/c1-3-16-26-24(28)17-20-12-14-23(15-13-20)27(25(29)21-9-6-7-10-21)18-22-11-5-4-8-19(22)2/h4-5,8,11-15,21H,3,6-7,9-10,16-18H2,1-2H3,(H,26,28). The molecule has 2 aromatic carbocycles. The van der Waals surface area contributed by atoms with Crippen LogP contribution in [0.4, 0.5) is 5.69 Å². The maximum absolute atomic E-state index is 13.3. The van der Waals surface area contributed by atoms with Crippen LogP contribution >= 0.6 is 0 Å². The van der Waals surface area contributed by atoms with Crippen molar-refractivity contribution in [1.29, 1.82) is 0 Å². The van der Waals surface area contributed by atoms with Crippen LogP contribution in [-0.4, -0.2) is 18.4 Å². The van der Waals surface area contributed by atoms with Crippen LogP contribution in [0.25, 0.3) is 0 Å². The summed E-state index contributed by atoms with van der Waals surface area (Å²) in [5.41, 5.74) is 4.23. The van der Waals surface area contributed by atoms with Crippen LogP contribution in [0, 0.1) is 12.8 Å². The SMILES string of the molecule is CCCNC(=O)Cc1ccc(N(Cc2ccccc2C)C(=O)C2CCCC2)cc1. The third-order valence-corrected chi connectivity index (χ3v) is 5.75. The fourth-order valence-electron chi connectivity index (χ4n) is 3.95. The highest BCUT2D eigenvalue weighted by Crippen LogP contribution is 2.30. The van der Waals surface area contributed by atoms with Gasteiger partial charge in [-0.3, -0.25) is 9.59 Å². The zero-order valence-corrected chi connectivity index (χ0v) is 17.6. The monoisotopic (exact) mass is 392 g/mol. The van der Waals surface area contributed by atoms with Gasteiger partial charge in [-0.2, -0.15) is 0 Å². The lowest BCUT2D eigenvalue weighted by Crippen LogP contribution is -2.35. The molecule has 0 saturated heterocycles. The number of hydrogen-bond donors (Lipinski definition) is 1. The van der Waals surface area contributed by atoms with Gasteiger partial charge in [0.25, 0.3) is 0 Å². The second kappa shape index (κ2) is 10.2. The molecule has 0 unspecified atom stereocenters. The summed E-state index contributed by atoms with van der Waals surface area (Å²) in [6, 6.07) is 16.1. The highest BCUT2D eigenvalue weighted by atomic mass is 16.2. The summed E-state index contributed by atoms with van der Waals surface area (Å²) in [5.74, 6) is 0.385. The Balaban J connectivity index is 1.78. The third kappa shape index (κ3) is 5.69. The van der Waals surface area contributed by atoms with Gasteiger partial charge in [-0.25, -0.2) is 0 Å². The largest absolute Gasteiger partial charge is 0.356 e. The van der Waals surface area contributed by atoms with Gasteiger partial charge >= 0.3 is 0 Å². The predicted octanol–water partition coefficient (Wildman–Crippen LogP) is 4.79. The van der Waals surface area contributed by atoms with Gasteiger partial charge in [0.15, 0.2) is 0 Å². The number of rotatable bonds is 8. The van der Waals surface area contributed by atoms with Crippen LogP contribution in [0.3, 0.4) is 0 Å². The van der Waals surface area contributed by atoms with E-state index in [4.69, 9.17) is 0 Å². The first kappa shape index (κ1) is 21.1. The van der Waals surface area contributed by atoms with Crippen molar-refractivity contribution in [3.8, 4) is 0 Å². The number of anilines is 1. The second-order valence-corrected chi connectivity index (χ2v) is 8.03. The number of hydrogen-bond acceptors (Lipinski definition) is 2. The minimum Gasteiger partial charge on any atom is -0.356 e. The van der Waals surface area contributed by atoms with Crippen molar-refractivity contribution in [2.24, 2.45) is 5.92 Å². The van der Waals surface area contributed by atoms with E-state index in [1.165, 1.54) is 11.1 Å². The first-order chi connectivity index (χ1) is 14.1. The number of aryl methyl sites for hydroxylation is 1. The molecule has 1 fully saturated rings. The molecular formula is C25H32N2O2. The van der Waals surface area contributed by atoms with Crippen LogP contribution in [0.15, 0.2) is 48.5 Å². The highest BCUT2D eigenvalue weighted by Gasteiger charge is 2.28. The minimum atomic E-state index is 0.0402. The van der Waals surface area contributed by atoms with Gasteiger partial charge in [0.05, 0.1) is 13.0 Å². The number of carbonyl (C=O) groups is 2. The third-order valence-electron chi connectivity index (χ3n) is 5.75. The van der Waals surface area contributed by atoms with Crippen LogP contribution in [0.5, 0.6) is 0 Å². The van der Waals surface area contributed by atoms with Gasteiger partial charge in [0, 0.05) is 18.2 Å². The molecule has 0 aliphatic heterocycles. The molecule has 154 valence electrons. The average molecular weight is 393 g/mol. The van der Waals surface area contributed by atoms with E-state index in [1.807, 2.05) is 48.2 Å². The van der Waals surface area contributed by atoms with Crippen molar-refractivity contribution in [3.05, 3.63) is 65.2 Å². The van der Waals surface area contributed by atoms with Crippen LogP contribution < -0.4 is 10.2 Å². The Morgan fingerprint density at radius 2 is 1.72 bits per heavy atom. The topological polar surface area (TPSA) is 49.4 Å². The maximum Gasteiger partial charge on any atom is 0.230 e. The van der Waals surface area contributed by atoms with Gasteiger partial charge in [-0.15, -0.1) is 0 Å². The average Bonchev–Trinajstić information content (AvgIpc) is 3.27. The minimum absolute atomic E-state index is 0.0402. The molecule has 1 aliphatic carbocycles. The van der Waals surface area contributed by atoms with E-state index in [0.29, 0.717) is 19.5 Å². The maximum atomic E-state index is 13.3. The molecule has 0 radical (unpaired) electrons. The Morgan fingerprint density at radius 1 is 1.03 bits per heavy atom. The lowest BCUT2D eigenvalue weighted by atomic mass is 10.0. The zero-order valence-electron chi connectivity index (χ0n) is 17.6. The second-order valence-electron chi connectivity index (χ2n) is 8.03. The van der Waals surface area contributed by atoms with E-state index in [-0.39, 0.29) is 17.7 Å². The first-order valence-electron chi connectivity index (χ1n) is 10.8. The summed E-state index contributed by atoms with van der Waals surface area (Å²) in [5, 5.41) is 2.91. The molecule has 1 aliphatic rings. The summed E-state index contributed by atoms with van der Waals surface area (Å²) in [6.45, 7) is 5.42. The van der Waals surface area contributed by atoms with E-state index < -0.39 is 0 Å². The highest BCUT2D eigenvalue weighted by molar-refractivity contribution is 5.95. The molecule has 1 saturated carbocycles. The van der Waals surface area contributed by atoms with Crippen LogP contribution in [-0.2, 0) is 22.6 Å². The van der Waals surface area contributed by atoms with Crippen LogP contribution in [0.2, 0.25) is 0 Å². The Morgan fingerprint density at radius 3 is 2.38 bits per heavy atom. The van der Waals surface area contributed by atoms with Gasteiger partial charge in [0.1, 0.15) is 0 Å². The van der Waals surface area contributed by atoms with Gasteiger partial charge < -0.3 is 10.2 Å². The summed E-state index contributed by atoms with van der Waals surface area (Å²) < 4.78 is 0. The molecule has 29 heavy (non-hydrogen) atoms. The lowest BCUT2D eigenvalue weighted by molar-refractivity contribution is -0.122. The predicted molar refractivity (Wildman–Crippen MR) is 118 cm³/mol. The smallest absolute Gasteiger partial charge is 0.230 e. The van der Waals surface area contributed by atoms with Crippen molar-refractivity contribution in [2.45, 2.75) is 58.9 Å². The Kier molecular flexibility index (Phi) is 7.45. The molecule has 3 rings (SSSR count). The van der Waals surface area contributed by atoms with E-state index in [1.54, 1.807) is 0 Å². The Hall–Kier alpha value is -2.62. The number of nitrogens with zero attached hydrogens (tertiary/aromatic N) is 1. The van der Waals surface area contributed by atoms with E-state index in [2.05, 4.69) is 24.4 Å². The molecule has 0 atom stereocenters. The van der Waals surface area contributed by atoms with E-state index in [9.17, 15) is 9.59 Å². The van der Waals surface area contributed by atoms with Gasteiger partial charge in [-0.1, -0.05) is 56.2 Å². The Labute approximate surface area is 174 Å². The fraction of sp³-hybridized carbons (Fsp3) is 0.440. The van der Waals surface area contributed by atoms with E-state index in [0.717, 1.165) is 43.4 Å².